The summed E-state index contributed by atoms with van der Waals surface area (Å²) in [6.07, 6.45) is 0. The lowest BCUT2D eigenvalue weighted by Gasteiger charge is -2.26. The number of rotatable bonds is 9. The summed E-state index contributed by atoms with van der Waals surface area (Å²) in [6.45, 7) is 13.5. The first kappa shape index (κ1) is 28.3. The van der Waals surface area contributed by atoms with Gasteiger partial charge in [0.15, 0.2) is 0 Å². The van der Waals surface area contributed by atoms with Gasteiger partial charge in [-0.05, 0) is 105 Å². The molecule has 0 saturated carbocycles. The van der Waals surface area contributed by atoms with Crippen molar-refractivity contribution in [3.05, 3.63) is 88.0 Å². The molecule has 0 radical (unpaired) electrons. The molecule has 37 heavy (non-hydrogen) atoms. The third-order valence-electron chi connectivity index (χ3n) is 6.76. The van der Waals surface area contributed by atoms with Gasteiger partial charge in [0.25, 0.3) is 10.0 Å². The molecule has 0 unspecified atom stereocenters. The topological polar surface area (TPSA) is 75.7 Å². The summed E-state index contributed by atoms with van der Waals surface area (Å²) in [5, 5.41) is 3.01. The van der Waals surface area contributed by atoms with Gasteiger partial charge in [-0.1, -0.05) is 37.6 Å². The van der Waals surface area contributed by atoms with Crippen molar-refractivity contribution in [2.75, 3.05) is 18.0 Å². The molecule has 0 spiro atoms. The number of anilines is 1. The van der Waals surface area contributed by atoms with E-state index in [1.54, 1.807) is 43.5 Å². The fourth-order valence-electron chi connectivity index (χ4n) is 4.34. The molecule has 0 saturated heterocycles. The monoisotopic (exact) mass is 522 g/mol. The Balaban J connectivity index is 1.94. The van der Waals surface area contributed by atoms with Crippen molar-refractivity contribution in [3.8, 4) is 5.75 Å². The van der Waals surface area contributed by atoms with Gasteiger partial charge in [0.2, 0.25) is 5.91 Å². The zero-order valence-electron chi connectivity index (χ0n) is 23.0. The van der Waals surface area contributed by atoms with Crippen LogP contribution in [0.2, 0.25) is 0 Å². The minimum absolute atomic E-state index is 0.143. The van der Waals surface area contributed by atoms with E-state index < -0.39 is 10.0 Å². The van der Waals surface area contributed by atoms with E-state index in [0.717, 1.165) is 39.1 Å². The van der Waals surface area contributed by atoms with Gasteiger partial charge in [0.1, 0.15) is 12.3 Å². The van der Waals surface area contributed by atoms with Crippen LogP contribution in [-0.4, -0.2) is 28.0 Å². The van der Waals surface area contributed by atoms with Crippen molar-refractivity contribution in [3.63, 3.8) is 0 Å². The maximum atomic E-state index is 13.7. The summed E-state index contributed by atoms with van der Waals surface area (Å²) in [4.78, 5) is 13.4. The second-order valence-electron chi connectivity index (χ2n) is 9.99. The Bertz CT molecular complexity index is 1380. The van der Waals surface area contributed by atoms with Gasteiger partial charge in [-0.3, -0.25) is 9.10 Å². The van der Waals surface area contributed by atoms with E-state index in [1.807, 2.05) is 46.8 Å². The summed E-state index contributed by atoms with van der Waals surface area (Å²) < 4.78 is 34.2. The number of carbonyl (C=O) groups excluding carboxylic acids is 1. The van der Waals surface area contributed by atoms with Crippen LogP contribution in [0.15, 0.2) is 59.5 Å². The number of methoxy groups -OCH3 is 1. The van der Waals surface area contributed by atoms with E-state index in [0.29, 0.717) is 5.69 Å². The molecule has 0 fully saturated rings. The Morgan fingerprint density at radius 1 is 0.865 bits per heavy atom. The molecule has 3 rings (SSSR count). The fraction of sp³-hybridized carbons (Fsp3) is 0.367. The number of amides is 1. The third-order valence-corrected chi connectivity index (χ3v) is 8.55. The van der Waals surface area contributed by atoms with E-state index >= 15 is 0 Å². The summed E-state index contributed by atoms with van der Waals surface area (Å²) >= 11 is 0. The van der Waals surface area contributed by atoms with Gasteiger partial charge in [0, 0.05) is 0 Å². The summed E-state index contributed by atoms with van der Waals surface area (Å²) in [5.41, 5.74) is 6.43. The maximum Gasteiger partial charge on any atom is 0.264 e. The first-order valence-electron chi connectivity index (χ1n) is 12.5. The van der Waals surface area contributed by atoms with Crippen molar-refractivity contribution in [2.24, 2.45) is 0 Å². The molecule has 0 aromatic heterocycles. The molecule has 0 aliphatic heterocycles. The number of carbonyl (C=O) groups is 1. The molecule has 0 bridgehead atoms. The first-order valence-corrected chi connectivity index (χ1v) is 13.9. The lowest BCUT2D eigenvalue weighted by atomic mass is 9.93. The molecule has 7 heteroatoms. The third kappa shape index (κ3) is 6.34. The fourth-order valence-corrected chi connectivity index (χ4v) is 5.75. The Hall–Kier alpha value is -3.32. The number of aryl methyl sites for hydroxylation is 4. The SMILES string of the molecule is COc1cc(C)c([C@H](C)NC(=O)CN(c2ccc(C)c(C)c2)S(=O)(=O)c2ccc(C)cc2)cc1C(C)C. The minimum Gasteiger partial charge on any atom is -0.496 e. The van der Waals surface area contributed by atoms with Crippen LogP contribution in [-0.2, 0) is 14.8 Å². The van der Waals surface area contributed by atoms with E-state index in [-0.39, 0.29) is 29.3 Å². The molecule has 0 aliphatic carbocycles. The van der Waals surface area contributed by atoms with Crippen LogP contribution in [0, 0.1) is 27.7 Å². The maximum absolute atomic E-state index is 13.7. The highest BCUT2D eigenvalue weighted by Gasteiger charge is 2.28. The number of sulfonamides is 1. The second-order valence-corrected chi connectivity index (χ2v) is 11.9. The zero-order chi connectivity index (χ0) is 27.5. The van der Waals surface area contributed by atoms with Gasteiger partial charge in [-0.2, -0.15) is 0 Å². The zero-order valence-corrected chi connectivity index (χ0v) is 23.9. The van der Waals surface area contributed by atoms with E-state index in [4.69, 9.17) is 4.74 Å². The number of ether oxygens (including phenoxy) is 1. The van der Waals surface area contributed by atoms with E-state index in [1.165, 1.54) is 4.31 Å². The number of hydrogen-bond acceptors (Lipinski definition) is 4. The average Bonchev–Trinajstić information content (AvgIpc) is 2.84. The van der Waals surface area contributed by atoms with Crippen molar-refractivity contribution in [2.45, 2.75) is 65.3 Å². The Morgan fingerprint density at radius 2 is 1.51 bits per heavy atom. The predicted molar refractivity (Wildman–Crippen MR) is 150 cm³/mol. The highest BCUT2D eigenvalue weighted by Crippen LogP contribution is 2.32. The van der Waals surface area contributed by atoms with Gasteiger partial charge in [-0.15, -0.1) is 0 Å². The number of benzene rings is 3. The van der Waals surface area contributed by atoms with Crippen molar-refractivity contribution in [1.29, 1.82) is 0 Å². The van der Waals surface area contributed by atoms with Crippen LogP contribution >= 0.6 is 0 Å². The first-order chi connectivity index (χ1) is 17.3. The summed E-state index contributed by atoms with van der Waals surface area (Å²) in [6, 6.07) is 15.8. The van der Waals surface area contributed by atoms with Gasteiger partial charge >= 0.3 is 0 Å². The molecule has 1 amide bonds. The molecule has 0 aliphatic rings. The number of hydrogen-bond donors (Lipinski definition) is 1. The molecule has 3 aromatic carbocycles. The lowest BCUT2D eigenvalue weighted by molar-refractivity contribution is -0.120. The molecule has 3 aromatic rings. The van der Waals surface area contributed by atoms with Crippen LogP contribution in [0.3, 0.4) is 0 Å². The lowest BCUT2D eigenvalue weighted by Crippen LogP contribution is -2.41. The van der Waals surface area contributed by atoms with Crippen molar-refractivity contribution < 1.29 is 17.9 Å². The molecule has 198 valence electrons. The van der Waals surface area contributed by atoms with Crippen LogP contribution in [0.5, 0.6) is 5.75 Å². The van der Waals surface area contributed by atoms with Crippen LogP contribution in [0.25, 0.3) is 0 Å². The molecule has 0 heterocycles. The Kier molecular flexibility index (Phi) is 8.69. The summed E-state index contributed by atoms with van der Waals surface area (Å²) in [5.74, 6) is 0.680. The van der Waals surface area contributed by atoms with Crippen LogP contribution in [0.4, 0.5) is 5.69 Å². The van der Waals surface area contributed by atoms with Gasteiger partial charge in [0.05, 0.1) is 23.7 Å². The van der Waals surface area contributed by atoms with E-state index in [9.17, 15) is 13.2 Å². The highest BCUT2D eigenvalue weighted by molar-refractivity contribution is 7.92. The smallest absolute Gasteiger partial charge is 0.264 e. The quantitative estimate of drug-likeness (QED) is 0.367. The van der Waals surface area contributed by atoms with Crippen molar-refractivity contribution in [1.82, 2.24) is 5.32 Å². The molecular weight excluding hydrogens is 484 g/mol. The Morgan fingerprint density at radius 3 is 2.08 bits per heavy atom. The number of nitrogens with zero attached hydrogens (tertiary/aromatic N) is 1. The second kappa shape index (κ2) is 11.4. The summed E-state index contributed by atoms with van der Waals surface area (Å²) in [7, 11) is -2.32. The standard InChI is InChI=1S/C30H38N2O4S/c1-19(2)27-17-28(23(6)16-29(27)36-8)24(7)31-30(33)18-32(25-12-11-21(4)22(5)15-25)37(34,35)26-13-9-20(3)10-14-26/h9-17,19,24H,18H2,1-8H3,(H,31,33)/t24-/m0/s1. The predicted octanol–water partition coefficient (Wildman–Crippen LogP) is 6.12. The Labute approximate surface area is 221 Å². The largest absolute Gasteiger partial charge is 0.496 e. The number of nitrogens with one attached hydrogen (secondary N) is 1. The molecule has 6 nitrogen and oxygen atoms in total. The van der Waals surface area contributed by atoms with Gasteiger partial charge < -0.3 is 10.1 Å². The van der Waals surface area contributed by atoms with Gasteiger partial charge in [-0.25, -0.2) is 8.42 Å². The molecule has 1 N–H and O–H groups in total. The normalized spacial score (nSPS) is 12.4. The van der Waals surface area contributed by atoms with E-state index in [2.05, 4.69) is 25.2 Å². The molecular formula is C30H38N2O4S. The van der Waals surface area contributed by atoms with Crippen LogP contribution < -0.4 is 14.4 Å². The van der Waals surface area contributed by atoms with Crippen molar-refractivity contribution >= 4 is 21.6 Å². The minimum atomic E-state index is -3.98. The molecule has 1 atom stereocenters. The van der Waals surface area contributed by atoms with Crippen LogP contribution in [0.1, 0.15) is 66.1 Å². The highest BCUT2D eigenvalue weighted by atomic mass is 32.2. The average molecular weight is 523 g/mol.